The van der Waals surface area contributed by atoms with Crippen LogP contribution in [0.1, 0.15) is 19.8 Å². The first kappa shape index (κ1) is 15.7. The van der Waals surface area contributed by atoms with Crippen LogP contribution in [0.25, 0.3) is 0 Å². The molecule has 0 aliphatic heterocycles. The Morgan fingerprint density at radius 3 is 2.75 bits per heavy atom. The van der Waals surface area contributed by atoms with Gasteiger partial charge in [-0.05, 0) is 18.6 Å². The molecule has 0 fully saturated rings. The predicted octanol–water partition coefficient (Wildman–Crippen LogP) is 2.52. The summed E-state index contributed by atoms with van der Waals surface area (Å²) >= 11 is 0. The summed E-state index contributed by atoms with van der Waals surface area (Å²) in [5.41, 5.74) is 0.0762. The van der Waals surface area contributed by atoms with E-state index in [1.807, 2.05) is 6.92 Å². The van der Waals surface area contributed by atoms with Crippen LogP contribution in [0.4, 0.5) is 11.4 Å². The molecule has 7 nitrogen and oxygen atoms in total. The lowest BCUT2D eigenvalue weighted by atomic mass is 10.0. The summed E-state index contributed by atoms with van der Waals surface area (Å²) in [5, 5.41) is 23.0. The fourth-order valence-electron chi connectivity index (χ4n) is 1.91. The molecule has 0 saturated heterocycles. The Bertz CT molecular complexity index is 490. The van der Waals surface area contributed by atoms with Crippen LogP contribution in [0.3, 0.4) is 0 Å². The Balaban J connectivity index is 2.92. The first-order valence-corrected chi connectivity index (χ1v) is 6.29. The average molecular weight is 282 g/mol. The molecule has 7 heteroatoms. The zero-order valence-corrected chi connectivity index (χ0v) is 11.5. The molecule has 0 amide bonds. The smallest absolute Gasteiger partial charge is 0.333 e. The number of aliphatic carboxylic acids is 1. The van der Waals surface area contributed by atoms with Crippen molar-refractivity contribution in [3.05, 3.63) is 28.3 Å². The molecule has 20 heavy (non-hydrogen) atoms. The second-order valence-electron chi connectivity index (χ2n) is 4.32. The minimum atomic E-state index is -0.912. The van der Waals surface area contributed by atoms with E-state index >= 15 is 0 Å². The Kier molecular flexibility index (Phi) is 5.76. The number of anilines is 1. The third kappa shape index (κ3) is 3.84. The Morgan fingerprint density at radius 1 is 1.55 bits per heavy atom. The first-order chi connectivity index (χ1) is 9.51. The van der Waals surface area contributed by atoms with Gasteiger partial charge in [-0.15, -0.1) is 0 Å². The van der Waals surface area contributed by atoms with Crippen molar-refractivity contribution >= 4 is 17.3 Å². The molecule has 0 saturated carbocycles. The maximum absolute atomic E-state index is 11.1. The first-order valence-electron chi connectivity index (χ1n) is 6.29. The predicted molar refractivity (Wildman–Crippen MR) is 74.2 cm³/mol. The molecular formula is C13H18N2O5. The summed E-state index contributed by atoms with van der Waals surface area (Å²) < 4.78 is 4.95. The molecule has 1 rings (SSSR count). The highest BCUT2D eigenvalue weighted by atomic mass is 16.6. The van der Waals surface area contributed by atoms with Gasteiger partial charge in [-0.3, -0.25) is 14.9 Å². The summed E-state index contributed by atoms with van der Waals surface area (Å²) in [5.74, 6) is -1.35. The zero-order chi connectivity index (χ0) is 15.1. The Morgan fingerprint density at radius 2 is 2.25 bits per heavy atom. The van der Waals surface area contributed by atoms with Crippen molar-refractivity contribution in [3.63, 3.8) is 0 Å². The van der Waals surface area contributed by atoms with Gasteiger partial charge in [-0.1, -0.05) is 19.4 Å². The maximum atomic E-state index is 11.1. The summed E-state index contributed by atoms with van der Waals surface area (Å²) in [4.78, 5) is 21.6. The molecule has 1 unspecified atom stereocenters. The number of para-hydroxylation sites is 1. The summed E-state index contributed by atoms with van der Waals surface area (Å²) in [6.07, 6.45) is 1.25. The standard InChI is InChI=1S/C13H18N2O5/c1-3-5-9(13(16)17)8-14-10-6-4-7-11(20-2)12(10)15(18)19/h4,6-7,9,14H,3,5,8H2,1-2H3,(H,16,17). The number of nitro benzene ring substituents is 1. The number of hydrogen-bond donors (Lipinski definition) is 2. The molecule has 2 N–H and O–H groups in total. The van der Waals surface area contributed by atoms with Crippen molar-refractivity contribution in [1.82, 2.24) is 0 Å². The second-order valence-corrected chi connectivity index (χ2v) is 4.32. The van der Waals surface area contributed by atoms with Gasteiger partial charge in [0.2, 0.25) is 0 Å². The minimum absolute atomic E-state index is 0.136. The lowest BCUT2D eigenvalue weighted by Crippen LogP contribution is -2.23. The highest BCUT2D eigenvalue weighted by Crippen LogP contribution is 2.34. The van der Waals surface area contributed by atoms with Crippen LogP contribution in [0.2, 0.25) is 0 Å². The van der Waals surface area contributed by atoms with Crippen molar-refractivity contribution < 1.29 is 19.6 Å². The van der Waals surface area contributed by atoms with Gasteiger partial charge in [-0.2, -0.15) is 0 Å². The molecule has 110 valence electrons. The number of ether oxygens (including phenoxy) is 1. The SMILES string of the molecule is CCCC(CNc1cccc(OC)c1[N+](=O)[O-])C(=O)O. The number of carboxylic acids is 1. The highest BCUT2D eigenvalue weighted by molar-refractivity contribution is 5.72. The van der Waals surface area contributed by atoms with E-state index in [0.29, 0.717) is 6.42 Å². The Hall–Kier alpha value is -2.31. The normalized spacial score (nSPS) is 11.7. The quantitative estimate of drug-likeness (QED) is 0.561. The monoisotopic (exact) mass is 282 g/mol. The number of methoxy groups -OCH3 is 1. The molecule has 0 aliphatic rings. The van der Waals surface area contributed by atoms with Gasteiger partial charge in [0.05, 0.1) is 18.0 Å². The second kappa shape index (κ2) is 7.32. The topological polar surface area (TPSA) is 102 Å². The highest BCUT2D eigenvalue weighted by Gasteiger charge is 2.22. The summed E-state index contributed by atoms with van der Waals surface area (Å²) in [6.45, 7) is 2.03. The van der Waals surface area contributed by atoms with Gasteiger partial charge in [0.15, 0.2) is 5.75 Å². The summed E-state index contributed by atoms with van der Waals surface area (Å²) in [7, 11) is 1.35. The van der Waals surface area contributed by atoms with Gasteiger partial charge in [0.1, 0.15) is 5.69 Å². The number of carbonyl (C=O) groups is 1. The van der Waals surface area contributed by atoms with E-state index in [1.54, 1.807) is 6.07 Å². The lowest BCUT2D eigenvalue weighted by molar-refractivity contribution is -0.384. The Labute approximate surface area is 116 Å². The molecule has 0 aliphatic carbocycles. The number of nitrogens with zero attached hydrogens (tertiary/aromatic N) is 1. The van der Waals surface area contributed by atoms with E-state index in [-0.39, 0.29) is 23.7 Å². The van der Waals surface area contributed by atoms with Crippen molar-refractivity contribution in [2.75, 3.05) is 19.0 Å². The van der Waals surface area contributed by atoms with Crippen molar-refractivity contribution in [3.8, 4) is 5.75 Å². The third-order valence-electron chi connectivity index (χ3n) is 2.93. The fraction of sp³-hybridized carbons (Fsp3) is 0.462. The van der Waals surface area contributed by atoms with Gasteiger partial charge in [0, 0.05) is 6.54 Å². The van der Waals surface area contributed by atoms with E-state index in [4.69, 9.17) is 9.84 Å². The van der Waals surface area contributed by atoms with Gasteiger partial charge >= 0.3 is 11.7 Å². The van der Waals surface area contributed by atoms with E-state index in [1.165, 1.54) is 19.2 Å². The zero-order valence-electron chi connectivity index (χ0n) is 11.5. The molecular weight excluding hydrogens is 264 g/mol. The lowest BCUT2D eigenvalue weighted by Gasteiger charge is -2.14. The minimum Gasteiger partial charge on any atom is -0.490 e. The average Bonchev–Trinajstić information content (AvgIpc) is 2.42. The van der Waals surface area contributed by atoms with Crippen LogP contribution in [0.15, 0.2) is 18.2 Å². The number of nitro groups is 1. The van der Waals surface area contributed by atoms with Crippen molar-refractivity contribution in [2.24, 2.45) is 5.92 Å². The van der Waals surface area contributed by atoms with Gasteiger partial charge in [-0.25, -0.2) is 0 Å². The van der Waals surface area contributed by atoms with Gasteiger partial charge in [0.25, 0.3) is 0 Å². The number of nitrogens with one attached hydrogen (secondary N) is 1. The van der Waals surface area contributed by atoms with Crippen molar-refractivity contribution in [2.45, 2.75) is 19.8 Å². The third-order valence-corrected chi connectivity index (χ3v) is 2.93. The molecule has 0 aromatic heterocycles. The molecule has 0 radical (unpaired) electrons. The van der Waals surface area contributed by atoms with E-state index < -0.39 is 16.8 Å². The van der Waals surface area contributed by atoms with E-state index in [9.17, 15) is 14.9 Å². The van der Waals surface area contributed by atoms with Gasteiger partial charge < -0.3 is 15.2 Å². The maximum Gasteiger partial charge on any atom is 0.333 e. The summed E-state index contributed by atoms with van der Waals surface area (Å²) in [6, 6.07) is 4.64. The number of rotatable bonds is 8. The molecule has 0 heterocycles. The van der Waals surface area contributed by atoms with Crippen molar-refractivity contribution in [1.29, 1.82) is 0 Å². The molecule has 0 bridgehead atoms. The number of carboxylic acid groups (broad SMARTS) is 1. The fourth-order valence-corrected chi connectivity index (χ4v) is 1.91. The molecule has 0 spiro atoms. The molecule has 1 aromatic rings. The van der Waals surface area contributed by atoms with Crippen LogP contribution < -0.4 is 10.1 Å². The molecule has 1 atom stereocenters. The van der Waals surface area contributed by atoms with Crippen LogP contribution in [0.5, 0.6) is 5.75 Å². The number of hydrogen-bond acceptors (Lipinski definition) is 5. The van der Waals surface area contributed by atoms with E-state index in [0.717, 1.165) is 6.42 Å². The largest absolute Gasteiger partial charge is 0.490 e. The van der Waals surface area contributed by atoms with Crippen LogP contribution in [0, 0.1) is 16.0 Å². The molecule has 1 aromatic carbocycles. The number of benzene rings is 1. The van der Waals surface area contributed by atoms with E-state index in [2.05, 4.69) is 5.32 Å². The van der Waals surface area contributed by atoms with Crippen LogP contribution in [-0.4, -0.2) is 29.7 Å². The van der Waals surface area contributed by atoms with Crippen LogP contribution in [-0.2, 0) is 4.79 Å². The van der Waals surface area contributed by atoms with Crippen LogP contribution >= 0.6 is 0 Å².